The minimum Gasteiger partial charge on any atom is -0.373 e. The number of hydrogen-bond donors (Lipinski definition) is 2. The summed E-state index contributed by atoms with van der Waals surface area (Å²) in [5, 5.41) is 2.82. The van der Waals surface area contributed by atoms with Crippen LogP contribution in [0, 0.1) is 0 Å². The van der Waals surface area contributed by atoms with Crippen LogP contribution in [0.4, 0.5) is 11.5 Å². The van der Waals surface area contributed by atoms with Crippen LogP contribution in [0.2, 0.25) is 0 Å². The number of aromatic nitrogens is 1. The Morgan fingerprint density at radius 3 is 2.45 bits per heavy atom. The van der Waals surface area contributed by atoms with Crippen LogP contribution in [0.1, 0.15) is 12.5 Å². The summed E-state index contributed by atoms with van der Waals surface area (Å²) in [6, 6.07) is 10.3. The van der Waals surface area contributed by atoms with Crippen LogP contribution in [0.15, 0.2) is 47.5 Å². The lowest BCUT2D eigenvalue weighted by Gasteiger charge is -2.09. The monoisotopic (exact) mass is 291 g/mol. The van der Waals surface area contributed by atoms with Gasteiger partial charge in [-0.1, -0.05) is 19.1 Å². The lowest BCUT2D eigenvalue weighted by molar-refractivity contribution is 0.601. The summed E-state index contributed by atoms with van der Waals surface area (Å²) in [6.45, 7) is 2.05. The van der Waals surface area contributed by atoms with E-state index in [-0.39, 0.29) is 4.90 Å². The number of sulfonamides is 1. The van der Waals surface area contributed by atoms with Gasteiger partial charge in [0.1, 0.15) is 5.82 Å². The molecular weight excluding hydrogens is 274 g/mol. The van der Waals surface area contributed by atoms with Gasteiger partial charge in [0.05, 0.1) is 4.90 Å². The molecule has 5 nitrogen and oxygen atoms in total. The highest BCUT2D eigenvalue weighted by atomic mass is 32.2. The van der Waals surface area contributed by atoms with Crippen LogP contribution in [-0.4, -0.2) is 20.4 Å². The SMILES string of the molecule is CCc1ccc(NS(=O)(=O)c2ccnc(NC)c2)cc1. The fraction of sp³-hybridized carbons (Fsp3) is 0.214. The molecule has 20 heavy (non-hydrogen) atoms. The molecule has 0 unspecified atom stereocenters. The predicted octanol–water partition coefficient (Wildman–Crippen LogP) is 2.49. The van der Waals surface area contributed by atoms with E-state index in [9.17, 15) is 8.42 Å². The van der Waals surface area contributed by atoms with Gasteiger partial charge in [-0.3, -0.25) is 4.72 Å². The van der Waals surface area contributed by atoms with Gasteiger partial charge in [0.25, 0.3) is 10.0 Å². The second-order valence-electron chi connectivity index (χ2n) is 4.28. The molecule has 2 rings (SSSR count). The van der Waals surface area contributed by atoms with Crippen molar-refractivity contribution >= 4 is 21.5 Å². The van der Waals surface area contributed by atoms with Gasteiger partial charge < -0.3 is 5.32 Å². The van der Waals surface area contributed by atoms with Gasteiger partial charge in [0, 0.05) is 25.0 Å². The van der Waals surface area contributed by atoms with Crippen molar-refractivity contribution in [2.75, 3.05) is 17.1 Å². The lowest BCUT2D eigenvalue weighted by Crippen LogP contribution is -2.13. The van der Waals surface area contributed by atoms with Crippen molar-refractivity contribution in [3.8, 4) is 0 Å². The van der Waals surface area contributed by atoms with E-state index in [0.717, 1.165) is 12.0 Å². The number of nitrogens with zero attached hydrogens (tertiary/aromatic N) is 1. The molecule has 0 bridgehead atoms. The van der Waals surface area contributed by atoms with E-state index < -0.39 is 10.0 Å². The van der Waals surface area contributed by atoms with E-state index in [4.69, 9.17) is 0 Å². The van der Waals surface area contributed by atoms with Crippen LogP contribution in [0.5, 0.6) is 0 Å². The molecule has 0 aliphatic heterocycles. The molecule has 0 atom stereocenters. The van der Waals surface area contributed by atoms with E-state index in [0.29, 0.717) is 11.5 Å². The number of anilines is 2. The molecule has 6 heteroatoms. The van der Waals surface area contributed by atoms with Gasteiger partial charge in [0.15, 0.2) is 0 Å². The fourth-order valence-electron chi connectivity index (χ4n) is 1.74. The van der Waals surface area contributed by atoms with Gasteiger partial charge in [-0.2, -0.15) is 0 Å². The molecule has 2 N–H and O–H groups in total. The number of benzene rings is 1. The van der Waals surface area contributed by atoms with Gasteiger partial charge in [-0.15, -0.1) is 0 Å². The molecule has 0 saturated carbocycles. The molecule has 0 spiro atoms. The van der Waals surface area contributed by atoms with Gasteiger partial charge in [-0.25, -0.2) is 13.4 Å². The molecule has 1 aromatic carbocycles. The van der Waals surface area contributed by atoms with Crippen molar-refractivity contribution in [1.82, 2.24) is 4.98 Å². The smallest absolute Gasteiger partial charge is 0.262 e. The molecule has 106 valence electrons. The summed E-state index contributed by atoms with van der Waals surface area (Å²) >= 11 is 0. The van der Waals surface area contributed by atoms with Crippen LogP contribution < -0.4 is 10.0 Å². The van der Waals surface area contributed by atoms with E-state index in [1.54, 1.807) is 19.2 Å². The first-order valence-corrected chi connectivity index (χ1v) is 7.79. The molecule has 0 saturated heterocycles. The Morgan fingerprint density at radius 1 is 1.15 bits per heavy atom. The summed E-state index contributed by atoms with van der Waals surface area (Å²) in [7, 11) is -1.91. The van der Waals surface area contributed by atoms with Crippen LogP contribution >= 0.6 is 0 Å². The number of rotatable bonds is 5. The molecule has 0 amide bonds. The van der Waals surface area contributed by atoms with Crippen molar-refractivity contribution < 1.29 is 8.42 Å². The normalized spacial score (nSPS) is 11.1. The Labute approximate surface area is 119 Å². The minimum absolute atomic E-state index is 0.177. The summed E-state index contributed by atoms with van der Waals surface area (Å²) in [4.78, 5) is 4.18. The van der Waals surface area contributed by atoms with Crippen LogP contribution in [0.3, 0.4) is 0 Å². The Kier molecular flexibility index (Phi) is 4.24. The van der Waals surface area contributed by atoms with Gasteiger partial charge in [-0.05, 0) is 30.2 Å². The van der Waals surface area contributed by atoms with E-state index in [1.165, 1.54) is 18.3 Å². The largest absolute Gasteiger partial charge is 0.373 e. The molecule has 0 aliphatic rings. The molecule has 0 aliphatic carbocycles. The topological polar surface area (TPSA) is 71.1 Å². The molecule has 1 heterocycles. The zero-order valence-corrected chi connectivity index (χ0v) is 12.2. The van der Waals surface area contributed by atoms with E-state index in [2.05, 4.69) is 21.9 Å². The van der Waals surface area contributed by atoms with Crippen LogP contribution in [-0.2, 0) is 16.4 Å². The Bertz CT molecular complexity index is 682. The quantitative estimate of drug-likeness (QED) is 0.888. The number of pyridine rings is 1. The van der Waals surface area contributed by atoms with Crippen molar-refractivity contribution in [3.05, 3.63) is 48.2 Å². The Balaban J connectivity index is 2.25. The second kappa shape index (κ2) is 5.92. The number of nitrogens with one attached hydrogen (secondary N) is 2. The molecule has 2 aromatic rings. The standard InChI is InChI=1S/C14H17N3O2S/c1-3-11-4-6-12(7-5-11)17-20(18,19)13-8-9-16-14(10-13)15-2/h4-10,17H,3H2,1-2H3,(H,15,16). The predicted molar refractivity (Wildman–Crippen MR) is 80.4 cm³/mol. The second-order valence-corrected chi connectivity index (χ2v) is 5.97. The van der Waals surface area contributed by atoms with E-state index in [1.807, 2.05) is 12.1 Å². The Hall–Kier alpha value is -2.08. The average molecular weight is 291 g/mol. The van der Waals surface area contributed by atoms with Crippen LogP contribution in [0.25, 0.3) is 0 Å². The Morgan fingerprint density at radius 2 is 1.85 bits per heavy atom. The first-order valence-electron chi connectivity index (χ1n) is 6.30. The third kappa shape index (κ3) is 3.27. The van der Waals surface area contributed by atoms with Crippen molar-refractivity contribution in [2.45, 2.75) is 18.2 Å². The average Bonchev–Trinajstić information content (AvgIpc) is 2.48. The first-order chi connectivity index (χ1) is 9.55. The molecule has 0 radical (unpaired) electrons. The lowest BCUT2D eigenvalue weighted by atomic mass is 10.2. The maximum atomic E-state index is 12.3. The zero-order chi connectivity index (χ0) is 14.6. The van der Waals surface area contributed by atoms with Crippen molar-refractivity contribution in [2.24, 2.45) is 0 Å². The zero-order valence-electron chi connectivity index (χ0n) is 11.4. The summed E-state index contributed by atoms with van der Waals surface area (Å²) in [6.07, 6.45) is 2.38. The summed E-state index contributed by atoms with van der Waals surface area (Å²) in [5.41, 5.74) is 1.71. The maximum absolute atomic E-state index is 12.3. The highest BCUT2D eigenvalue weighted by molar-refractivity contribution is 7.92. The maximum Gasteiger partial charge on any atom is 0.262 e. The summed E-state index contributed by atoms with van der Waals surface area (Å²) < 4.78 is 27.1. The third-order valence-electron chi connectivity index (χ3n) is 2.91. The van der Waals surface area contributed by atoms with Gasteiger partial charge >= 0.3 is 0 Å². The molecule has 1 aromatic heterocycles. The third-order valence-corrected chi connectivity index (χ3v) is 4.29. The van der Waals surface area contributed by atoms with Gasteiger partial charge in [0.2, 0.25) is 0 Å². The number of hydrogen-bond acceptors (Lipinski definition) is 4. The highest BCUT2D eigenvalue weighted by Crippen LogP contribution is 2.18. The van der Waals surface area contributed by atoms with Crippen molar-refractivity contribution in [1.29, 1.82) is 0 Å². The first kappa shape index (κ1) is 14.3. The highest BCUT2D eigenvalue weighted by Gasteiger charge is 2.14. The molecule has 0 fully saturated rings. The minimum atomic E-state index is -3.60. The molecular formula is C14H17N3O2S. The number of aryl methyl sites for hydroxylation is 1. The summed E-state index contributed by atoms with van der Waals surface area (Å²) in [5.74, 6) is 0.509. The van der Waals surface area contributed by atoms with E-state index >= 15 is 0 Å². The fourth-order valence-corrected chi connectivity index (χ4v) is 2.81. The van der Waals surface area contributed by atoms with Crippen molar-refractivity contribution in [3.63, 3.8) is 0 Å².